The summed E-state index contributed by atoms with van der Waals surface area (Å²) in [6, 6.07) is 2.05. The van der Waals surface area contributed by atoms with Crippen molar-refractivity contribution in [1.29, 1.82) is 5.26 Å². The molecule has 0 spiro atoms. The molecule has 2 aliphatic heterocycles. The minimum Gasteiger partial charge on any atom is -0.354 e. The van der Waals surface area contributed by atoms with Crippen LogP contribution in [0.3, 0.4) is 0 Å². The number of nitrogens with zero attached hydrogens (tertiary/aromatic N) is 2. The second-order valence-electron chi connectivity index (χ2n) is 5.44. The smallest absolute Gasteiger partial charge is 0.240 e. The van der Waals surface area contributed by atoms with E-state index in [2.05, 4.69) is 11.4 Å². The maximum absolute atomic E-state index is 12.4. The molecule has 98 valence electrons. The zero-order chi connectivity index (χ0) is 13.3. The molecule has 18 heavy (non-hydrogen) atoms. The van der Waals surface area contributed by atoms with E-state index in [4.69, 9.17) is 5.26 Å². The first-order valence-electron chi connectivity index (χ1n) is 6.54. The predicted molar refractivity (Wildman–Crippen MR) is 65.2 cm³/mol. The van der Waals surface area contributed by atoms with Gasteiger partial charge in [-0.05, 0) is 18.8 Å². The molecule has 2 saturated heterocycles. The van der Waals surface area contributed by atoms with Crippen molar-refractivity contribution in [2.75, 3.05) is 13.1 Å². The summed E-state index contributed by atoms with van der Waals surface area (Å²) in [5.41, 5.74) is 0. The summed E-state index contributed by atoms with van der Waals surface area (Å²) >= 11 is 0. The van der Waals surface area contributed by atoms with Crippen molar-refractivity contribution in [2.24, 2.45) is 17.8 Å². The molecular formula is C13H19N3O2. The number of amides is 2. The van der Waals surface area contributed by atoms with Gasteiger partial charge in [-0.1, -0.05) is 13.8 Å². The van der Waals surface area contributed by atoms with E-state index in [0.717, 1.165) is 12.8 Å². The minimum atomic E-state index is -0.598. The zero-order valence-corrected chi connectivity index (χ0v) is 10.8. The molecule has 0 saturated carbocycles. The Morgan fingerprint density at radius 3 is 2.89 bits per heavy atom. The molecule has 2 rings (SSSR count). The van der Waals surface area contributed by atoms with Crippen LogP contribution in [0.15, 0.2) is 0 Å². The average molecular weight is 249 g/mol. The Hall–Kier alpha value is -1.57. The first-order chi connectivity index (χ1) is 8.56. The number of nitrogens with one attached hydrogen (secondary N) is 1. The molecule has 3 unspecified atom stereocenters. The highest BCUT2D eigenvalue weighted by molar-refractivity contribution is 5.86. The third-order valence-corrected chi connectivity index (χ3v) is 3.96. The van der Waals surface area contributed by atoms with Gasteiger partial charge >= 0.3 is 0 Å². The second kappa shape index (κ2) is 4.97. The molecule has 0 aromatic carbocycles. The molecular weight excluding hydrogens is 230 g/mol. The van der Waals surface area contributed by atoms with E-state index in [0.29, 0.717) is 13.1 Å². The number of piperidine rings is 1. The first-order valence-corrected chi connectivity index (χ1v) is 6.54. The highest BCUT2D eigenvalue weighted by Gasteiger charge is 2.44. The summed E-state index contributed by atoms with van der Waals surface area (Å²) in [6.07, 6.45) is 1.69. The average Bonchev–Trinajstić information content (AvgIpc) is 2.71. The lowest BCUT2D eigenvalue weighted by atomic mass is 9.88. The quantitative estimate of drug-likeness (QED) is 0.775. The summed E-state index contributed by atoms with van der Waals surface area (Å²) < 4.78 is 0. The highest BCUT2D eigenvalue weighted by Crippen LogP contribution is 2.29. The molecule has 2 fully saturated rings. The first kappa shape index (κ1) is 12.9. The Labute approximate surface area is 107 Å². The molecule has 2 heterocycles. The van der Waals surface area contributed by atoms with Gasteiger partial charge in [0.15, 0.2) is 0 Å². The molecule has 0 radical (unpaired) electrons. The Kier molecular flexibility index (Phi) is 3.55. The second-order valence-corrected chi connectivity index (χ2v) is 5.44. The number of fused-ring (bicyclic) bond motifs is 1. The number of nitriles is 1. The Bertz CT molecular complexity index is 400. The molecule has 0 aromatic rings. The SMILES string of the molecule is CC(C)C(C#N)C(=O)N1CCCC2C(=O)NCC21. The number of hydrogen-bond donors (Lipinski definition) is 1. The Morgan fingerprint density at radius 2 is 2.28 bits per heavy atom. The van der Waals surface area contributed by atoms with E-state index in [-0.39, 0.29) is 29.7 Å². The topological polar surface area (TPSA) is 73.2 Å². The van der Waals surface area contributed by atoms with Crippen molar-refractivity contribution in [3.05, 3.63) is 0 Å². The Balaban J connectivity index is 2.15. The summed E-state index contributed by atoms with van der Waals surface area (Å²) in [5, 5.41) is 11.9. The lowest BCUT2D eigenvalue weighted by Crippen LogP contribution is -2.51. The van der Waals surface area contributed by atoms with E-state index in [9.17, 15) is 9.59 Å². The fraction of sp³-hybridized carbons (Fsp3) is 0.769. The van der Waals surface area contributed by atoms with E-state index >= 15 is 0 Å². The number of carbonyl (C=O) groups is 2. The maximum atomic E-state index is 12.4. The summed E-state index contributed by atoms with van der Waals surface area (Å²) in [4.78, 5) is 25.8. The standard InChI is InChI=1S/C13H19N3O2/c1-8(2)10(6-14)13(18)16-5-3-4-9-11(16)7-15-12(9)17/h8-11H,3-5,7H2,1-2H3,(H,15,17). The van der Waals surface area contributed by atoms with Crippen LogP contribution >= 0.6 is 0 Å². The minimum absolute atomic E-state index is 0.00735. The van der Waals surface area contributed by atoms with Crippen molar-refractivity contribution in [3.8, 4) is 6.07 Å². The van der Waals surface area contributed by atoms with Gasteiger partial charge in [0.05, 0.1) is 18.0 Å². The molecule has 5 nitrogen and oxygen atoms in total. The number of hydrogen-bond acceptors (Lipinski definition) is 3. The van der Waals surface area contributed by atoms with Crippen LogP contribution < -0.4 is 5.32 Å². The third-order valence-electron chi connectivity index (χ3n) is 3.96. The molecule has 3 atom stereocenters. The number of carbonyl (C=O) groups excluding carboxylic acids is 2. The lowest BCUT2D eigenvalue weighted by molar-refractivity contribution is -0.140. The number of rotatable bonds is 2. The van der Waals surface area contributed by atoms with Crippen molar-refractivity contribution >= 4 is 11.8 Å². The van der Waals surface area contributed by atoms with Gasteiger partial charge in [-0.25, -0.2) is 0 Å². The van der Waals surface area contributed by atoms with Crippen LogP contribution in [-0.4, -0.2) is 35.8 Å². The van der Waals surface area contributed by atoms with Gasteiger partial charge in [-0.2, -0.15) is 5.26 Å². The van der Waals surface area contributed by atoms with Gasteiger partial charge in [-0.3, -0.25) is 9.59 Å². The van der Waals surface area contributed by atoms with E-state index in [1.807, 2.05) is 13.8 Å². The van der Waals surface area contributed by atoms with E-state index in [1.165, 1.54) is 0 Å². The molecule has 2 aliphatic rings. The largest absolute Gasteiger partial charge is 0.354 e. The van der Waals surface area contributed by atoms with Gasteiger partial charge in [0.2, 0.25) is 11.8 Å². The zero-order valence-electron chi connectivity index (χ0n) is 10.8. The van der Waals surface area contributed by atoms with Gasteiger partial charge < -0.3 is 10.2 Å². The van der Waals surface area contributed by atoms with Crippen molar-refractivity contribution < 1.29 is 9.59 Å². The normalized spacial score (nSPS) is 28.6. The molecule has 1 N–H and O–H groups in total. The molecule has 5 heteroatoms. The van der Waals surface area contributed by atoms with Crippen LogP contribution in [-0.2, 0) is 9.59 Å². The van der Waals surface area contributed by atoms with Crippen LogP contribution in [0.25, 0.3) is 0 Å². The van der Waals surface area contributed by atoms with Crippen LogP contribution in [0, 0.1) is 29.1 Å². The van der Waals surface area contributed by atoms with Gasteiger partial charge in [-0.15, -0.1) is 0 Å². The van der Waals surface area contributed by atoms with E-state index < -0.39 is 5.92 Å². The fourth-order valence-electron chi connectivity index (χ4n) is 2.89. The Morgan fingerprint density at radius 1 is 1.56 bits per heavy atom. The van der Waals surface area contributed by atoms with Crippen LogP contribution in [0.4, 0.5) is 0 Å². The van der Waals surface area contributed by atoms with Crippen LogP contribution in [0.5, 0.6) is 0 Å². The predicted octanol–water partition coefficient (Wildman–Crippen LogP) is 0.519. The van der Waals surface area contributed by atoms with Crippen molar-refractivity contribution in [2.45, 2.75) is 32.7 Å². The third kappa shape index (κ3) is 2.07. The molecule has 0 aliphatic carbocycles. The van der Waals surface area contributed by atoms with Gasteiger partial charge in [0, 0.05) is 13.1 Å². The summed E-state index contributed by atoms with van der Waals surface area (Å²) in [6.45, 7) is 4.96. The maximum Gasteiger partial charge on any atom is 0.240 e. The molecule has 2 amide bonds. The summed E-state index contributed by atoms with van der Waals surface area (Å²) in [5.74, 6) is -0.726. The molecule has 0 aromatic heterocycles. The van der Waals surface area contributed by atoms with Gasteiger partial charge in [0.25, 0.3) is 0 Å². The van der Waals surface area contributed by atoms with Gasteiger partial charge in [0.1, 0.15) is 5.92 Å². The summed E-state index contributed by atoms with van der Waals surface area (Å²) in [7, 11) is 0. The number of likely N-dealkylation sites (tertiary alicyclic amines) is 1. The van der Waals surface area contributed by atoms with Crippen LogP contribution in [0.1, 0.15) is 26.7 Å². The van der Waals surface area contributed by atoms with Crippen molar-refractivity contribution in [1.82, 2.24) is 10.2 Å². The molecule has 0 bridgehead atoms. The van der Waals surface area contributed by atoms with Crippen molar-refractivity contribution in [3.63, 3.8) is 0 Å². The fourth-order valence-corrected chi connectivity index (χ4v) is 2.89. The monoisotopic (exact) mass is 249 g/mol. The lowest BCUT2D eigenvalue weighted by Gasteiger charge is -2.37. The highest BCUT2D eigenvalue weighted by atomic mass is 16.2. The van der Waals surface area contributed by atoms with E-state index in [1.54, 1.807) is 4.90 Å². The van der Waals surface area contributed by atoms with Crippen LogP contribution in [0.2, 0.25) is 0 Å².